The number of ether oxygens (including phenoxy) is 1. The summed E-state index contributed by atoms with van der Waals surface area (Å²) in [6.07, 6.45) is 0.546. The van der Waals surface area contributed by atoms with E-state index in [2.05, 4.69) is 29.3 Å². The number of nitriles is 1. The van der Waals surface area contributed by atoms with Gasteiger partial charge in [0.1, 0.15) is 5.75 Å². The van der Waals surface area contributed by atoms with E-state index in [-0.39, 0.29) is 6.04 Å². The topological polar surface area (TPSA) is 48.3 Å². The molecule has 2 rings (SSSR count). The van der Waals surface area contributed by atoms with Crippen molar-refractivity contribution in [2.24, 2.45) is 0 Å². The van der Waals surface area contributed by atoms with Crippen LogP contribution < -0.4 is 15.0 Å². The molecule has 1 N–H and O–H groups in total. The fraction of sp³-hybridized carbons (Fsp3) is 0.500. The minimum Gasteiger partial charge on any atom is -0.497 e. The van der Waals surface area contributed by atoms with E-state index >= 15 is 0 Å². The lowest BCUT2D eigenvalue weighted by molar-refractivity contribution is 0.389. The number of nitrogens with zero attached hydrogens (tertiary/aromatic N) is 2. The summed E-state index contributed by atoms with van der Waals surface area (Å²) in [4.78, 5) is 2.31. The van der Waals surface area contributed by atoms with E-state index < -0.39 is 0 Å². The van der Waals surface area contributed by atoms with Crippen LogP contribution in [0.1, 0.15) is 13.3 Å². The molecular weight excluding hydrogens is 226 g/mol. The molecule has 0 radical (unpaired) electrons. The molecule has 1 heterocycles. The molecule has 0 saturated carbocycles. The van der Waals surface area contributed by atoms with Crippen LogP contribution in [0.2, 0.25) is 0 Å². The van der Waals surface area contributed by atoms with Gasteiger partial charge in [0, 0.05) is 36.9 Å². The lowest BCUT2D eigenvalue weighted by atomic mass is 10.1. The van der Waals surface area contributed by atoms with E-state index in [9.17, 15) is 0 Å². The van der Waals surface area contributed by atoms with Gasteiger partial charge in [0.25, 0.3) is 0 Å². The molecule has 96 valence electrons. The summed E-state index contributed by atoms with van der Waals surface area (Å²) in [6, 6.07) is 10.9. The molecule has 0 bridgehead atoms. The summed E-state index contributed by atoms with van der Waals surface area (Å²) in [6.45, 7) is 3.97. The Morgan fingerprint density at radius 2 is 2.33 bits per heavy atom. The van der Waals surface area contributed by atoms with E-state index in [0.29, 0.717) is 12.5 Å². The molecule has 1 aliphatic rings. The minimum atomic E-state index is 0.241. The zero-order chi connectivity index (χ0) is 13.0. The molecule has 0 spiro atoms. The first kappa shape index (κ1) is 12.7. The molecule has 18 heavy (non-hydrogen) atoms. The van der Waals surface area contributed by atoms with Crippen molar-refractivity contribution in [3.63, 3.8) is 0 Å². The van der Waals surface area contributed by atoms with Crippen LogP contribution in [0.4, 0.5) is 5.69 Å². The number of nitrogens with one attached hydrogen (secondary N) is 1. The number of benzene rings is 1. The first-order valence-electron chi connectivity index (χ1n) is 6.25. The second-order valence-electron chi connectivity index (χ2n) is 4.73. The van der Waals surface area contributed by atoms with E-state index in [1.165, 1.54) is 0 Å². The van der Waals surface area contributed by atoms with Crippen molar-refractivity contribution in [2.45, 2.75) is 25.4 Å². The number of methoxy groups -OCH3 is 1. The molecule has 0 aromatic heterocycles. The highest BCUT2D eigenvalue weighted by atomic mass is 16.5. The van der Waals surface area contributed by atoms with Crippen molar-refractivity contribution in [2.75, 3.05) is 25.1 Å². The third kappa shape index (κ3) is 2.93. The smallest absolute Gasteiger partial charge is 0.120 e. The maximum Gasteiger partial charge on any atom is 0.120 e. The summed E-state index contributed by atoms with van der Waals surface area (Å²) in [7, 11) is 1.68. The molecule has 2 unspecified atom stereocenters. The fourth-order valence-electron chi connectivity index (χ4n) is 2.43. The largest absolute Gasteiger partial charge is 0.497 e. The van der Waals surface area contributed by atoms with Gasteiger partial charge >= 0.3 is 0 Å². The number of hydrogen-bond donors (Lipinski definition) is 1. The lowest BCUT2D eigenvalue weighted by Crippen LogP contribution is -2.55. The Hall–Kier alpha value is -1.73. The SMILES string of the molecule is COc1cccc(N2CC(C)NC(CC#N)C2)c1. The standard InChI is InChI=1S/C14H19N3O/c1-11-9-17(10-12(16-11)6-7-15)13-4-3-5-14(8-13)18-2/h3-5,8,11-12,16H,6,9-10H2,1-2H3. The molecule has 1 saturated heterocycles. The van der Waals surface area contributed by atoms with Gasteiger partial charge in [-0.15, -0.1) is 0 Å². The highest BCUT2D eigenvalue weighted by molar-refractivity contribution is 5.51. The predicted molar refractivity (Wildman–Crippen MR) is 71.8 cm³/mol. The Kier molecular flexibility index (Phi) is 4.06. The fourth-order valence-corrected chi connectivity index (χ4v) is 2.43. The highest BCUT2D eigenvalue weighted by Crippen LogP contribution is 2.23. The van der Waals surface area contributed by atoms with Crippen LogP contribution >= 0.6 is 0 Å². The number of hydrogen-bond acceptors (Lipinski definition) is 4. The maximum absolute atomic E-state index is 8.82. The third-order valence-corrected chi connectivity index (χ3v) is 3.21. The van der Waals surface area contributed by atoms with Crippen molar-refractivity contribution in [1.29, 1.82) is 5.26 Å². The van der Waals surface area contributed by atoms with Gasteiger partial charge in [-0.1, -0.05) is 6.07 Å². The van der Waals surface area contributed by atoms with Gasteiger partial charge in [-0.05, 0) is 19.1 Å². The van der Waals surface area contributed by atoms with E-state index in [1.807, 2.05) is 18.2 Å². The Balaban J connectivity index is 2.13. The van der Waals surface area contributed by atoms with Gasteiger partial charge in [0.2, 0.25) is 0 Å². The van der Waals surface area contributed by atoms with Crippen LogP contribution in [0.5, 0.6) is 5.75 Å². The molecule has 0 amide bonds. The molecule has 4 heteroatoms. The second kappa shape index (κ2) is 5.74. The monoisotopic (exact) mass is 245 g/mol. The maximum atomic E-state index is 8.82. The van der Waals surface area contributed by atoms with Gasteiger partial charge in [-0.2, -0.15) is 5.26 Å². The second-order valence-corrected chi connectivity index (χ2v) is 4.73. The molecule has 1 fully saturated rings. The van der Waals surface area contributed by atoms with Crippen LogP contribution in [-0.4, -0.2) is 32.3 Å². The van der Waals surface area contributed by atoms with Crippen LogP contribution in [0, 0.1) is 11.3 Å². The van der Waals surface area contributed by atoms with Crippen molar-refractivity contribution in [3.05, 3.63) is 24.3 Å². The van der Waals surface area contributed by atoms with Crippen molar-refractivity contribution in [3.8, 4) is 11.8 Å². The van der Waals surface area contributed by atoms with Crippen molar-refractivity contribution in [1.82, 2.24) is 5.32 Å². The average molecular weight is 245 g/mol. The first-order valence-corrected chi connectivity index (χ1v) is 6.25. The van der Waals surface area contributed by atoms with Gasteiger partial charge in [-0.25, -0.2) is 0 Å². The quantitative estimate of drug-likeness (QED) is 0.881. The minimum absolute atomic E-state index is 0.241. The average Bonchev–Trinajstić information content (AvgIpc) is 2.38. The number of piperazine rings is 1. The normalized spacial score (nSPS) is 23.5. The van der Waals surface area contributed by atoms with Crippen LogP contribution in [0.15, 0.2) is 24.3 Å². The van der Waals surface area contributed by atoms with Gasteiger partial charge in [0.15, 0.2) is 0 Å². The molecular formula is C14H19N3O. The zero-order valence-electron chi connectivity index (χ0n) is 10.9. The molecule has 1 aromatic rings. The van der Waals surface area contributed by atoms with Gasteiger partial charge in [0.05, 0.1) is 19.6 Å². The summed E-state index contributed by atoms with van der Waals surface area (Å²) < 4.78 is 5.25. The summed E-state index contributed by atoms with van der Waals surface area (Å²) in [5, 5.41) is 12.3. The number of rotatable bonds is 3. The van der Waals surface area contributed by atoms with Crippen LogP contribution in [0.3, 0.4) is 0 Å². The van der Waals surface area contributed by atoms with Crippen LogP contribution in [-0.2, 0) is 0 Å². The van der Waals surface area contributed by atoms with E-state index in [1.54, 1.807) is 7.11 Å². The summed E-state index contributed by atoms with van der Waals surface area (Å²) in [5.41, 5.74) is 1.16. The van der Waals surface area contributed by atoms with Crippen molar-refractivity contribution >= 4 is 5.69 Å². The Morgan fingerprint density at radius 3 is 3.06 bits per heavy atom. The Bertz CT molecular complexity index is 441. The zero-order valence-corrected chi connectivity index (χ0v) is 10.9. The van der Waals surface area contributed by atoms with E-state index in [0.717, 1.165) is 24.5 Å². The third-order valence-electron chi connectivity index (χ3n) is 3.21. The summed E-state index contributed by atoms with van der Waals surface area (Å²) in [5.74, 6) is 0.871. The van der Waals surface area contributed by atoms with Gasteiger partial charge in [-0.3, -0.25) is 0 Å². The molecule has 1 aliphatic heterocycles. The molecule has 4 nitrogen and oxygen atoms in total. The summed E-state index contributed by atoms with van der Waals surface area (Å²) >= 11 is 0. The lowest BCUT2D eigenvalue weighted by Gasteiger charge is -2.38. The van der Waals surface area contributed by atoms with Crippen LogP contribution in [0.25, 0.3) is 0 Å². The Morgan fingerprint density at radius 1 is 1.50 bits per heavy atom. The van der Waals surface area contributed by atoms with Gasteiger partial charge < -0.3 is 15.0 Å². The van der Waals surface area contributed by atoms with Crippen molar-refractivity contribution < 1.29 is 4.74 Å². The van der Waals surface area contributed by atoms with E-state index in [4.69, 9.17) is 10.00 Å². The highest BCUT2D eigenvalue weighted by Gasteiger charge is 2.23. The first-order chi connectivity index (χ1) is 8.72. The molecule has 0 aliphatic carbocycles. The molecule has 2 atom stereocenters. The molecule has 1 aromatic carbocycles. The predicted octanol–water partition coefficient (Wildman–Crippen LogP) is 1.78. The number of anilines is 1. The Labute approximate surface area is 108 Å².